The van der Waals surface area contributed by atoms with E-state index in [0.29, 0.717) is 56.9 Å². The summed E-state index contributed by atoms with van der Waals surface area (Å²) in [6, 6.07) is -1.24. The van der Waals surface area contributed by atoms with Crippen molar-refractivity contribution in [1.82, 2.24) is 25.1 Å². The molecular weight excluding hydrogens is 887 g/mol. The van der Waals surface area contributed by atoms with Crippen molar-refractivity contribution in [2.24, 2.45) is 35.5 Å². The van der Waals surface area contributed by atoms with E-state index in [1.807, 2.05) is 58.1 Å². The highest BCUT2D eigenvalue weighted by Crippen LogP contribution is 2.39. The van der Waals surface area contributed by atoms with E-state index in [0.717, 1.165) is 18.4 Å². The summed E-state index contributed by atoms with van der Waals surface area (Å²) in [5.41, 5.74) is 1.27. The maximum Gasteiger partial charge on any atom is 0.329 e. The minimum atomic E-state index is -2.43. The van der Waals surface area contributed by atoms with Crippen LogP contribution in [-0.4, -0.2) is 141 Å². The highest BCUT2D eigenvalue weighted by Gasteiger charge is 2.53. The van der Waals surface area contributed by atoms with Gasteiger partial charge in [0.25, 0.3) is 11.7 Å². The van der Waals surface area contributed by atoms with Crippen molar-refractivity contribution < 1.29 is 57.9 Å². The first-order valence-corrected chi connectivity index (χ1v) is 25.0. The number of aliphatic hydroxyl groups excluding tert-OH is 1. The number of fused-ring (bicyclic) bond motifs is 3. The Kier molecular flexibility index (Phi) is 20.8. The molecule has 1 aliphatic carbocycles. The Morgan fingerprint density at radius 3 is 2.32 bits per heavy atom. The van der Waals surface area contributed by atoms with Crippen LogP contribution in [0.25, 0.3) is 0 Å². The number of nitrogens with zero attached hydrogens (tertiary/aromatic N) is 5. The van der Waals surface area contributed by atoms with Gasteiger partial charge < -0.3 is 38.8 Å². The molecule has 17 heteroatoms. The van der Waals surface area contributed by atoms with Crippen molar-refractivity contribution in [2.45, 2.75) is 180 Å². The third-order valence-corrected chi connectivity index (χ3v) is 15.1. The second-order valence-electron chi connectivity index (χ2n) is 20.3. The number of rotatable bonds is 7. The van der Waals surface area contributed by atoms with E-state index in [-0.39, 0.29) is 60.9 Å². The van der Waals surface area contributed by atoms with Gasteiger partial charge in [-0.05, 0) is 112 Å². The van der Waals surface area contributed by atoms with Crippen LogP contribution in [0.4, 0.5) is 0 Å². The first-order chi connectivity index (χ1) is 32.8. The van der Waals surface area contributed by atoms with E-state index in [1.165, 1.54) is 18.3 Å². The minimum absolute atomic E-state index is 0.0168. The summed E-state index contributed by atoms with van der Waals surface area (Å²) in [7, 11) is 4.61. The number of ketones is 3. The maximum absolute atomic E-state index is 14.5. The lowest BCUT2D eigenvalue weighted by Gasteiger charge is -2.42. The van der Waals surface area contributed by atoms with Gasteiger partial charge in [0.2, 0.25) is 5.79 Å². The predicted molar refractivity (Wildman–Crippen MR) is 256 cm³/mol. The number of ether oxygens (including phenoxy) is 5. The van der Waals surface area contributed by atoms with Gasteiger partial charge in [-0.3, -0.25) is 19.2 Å². The van der Waals surface area contributed by atoms with Gasteiger partial charge in [-0.1, -0.05) is 71.1 Å². The van der Waals surface area contributed by atoms with E-state index in [4.69, 9.17) is 23.7 Å². The molecule has 1 aromatic heterocycles. The fourth-order valence-electron chi connectivity index (χ4n) is 10.7. The molecule has 2 N–H and O–H groups in total. The molecule has 5 rings (SSSR count). The molecule has 17 nitrogen and oxygen atoms in total. The number of hydrogen-bond donors (Lipinski definition) is 2. The van der Waals surface area contributed by atoms with Crippen LogP contribution >= 0.6 is 0 Å². The summed E-state index contributed by atoms with van der Waals surface area (Å²) in [4.78, 5) is 73.9. The molecule has 4 aliphatic rings. The molecule has 2 bridgehead atoms. The minimum Gasteiger partial charge on any atom is -0.460 e. The second kappa shape index (κ2) is 25.7. The van der Waals surface area contributed by atoms with Crippen molar-refractivity contribution >= 4 is 29.2 Å². The first-order valence-electron chi connectivity index (χ1n) is 25.0. The number of hydrogen-bond acceptors (Lipinski definition) is 15. The predicted octanol–water partition coefficient (Wildman–Crippen LogP) is 6.05. The number of esters is 1. The lowest BCUT2D eigenvalue weighted by Crippen LogP contribution is -2.61. The molecule has 1 aromatic rings. The highest BCUT2D eigenvalue weighted by molar-refractivity contribution is 6.39. The number of aromatic nitrogens is 4. The summed E-state index contributed by atoms with van der Waals surface area (Å²) in [6.45, 7) is 12.8. The quantitative estimate of drug-likeness (QED) is 0.181. The average molecular weight is 966 g/mol. The van der Waals surface area contributed by atoms with Gasteiger partial charge in [-0.15, -0.1) is 10.2 Å². The van der Waals surface area contributed by atoms with Crippen molar-refractivity contribution in [3.8, 4) is 0 Å². The number of Topliss-reactive ketones (excluding diaryl/α,β-unsaturated/α-hetero) is 3. The average Bonchev–Trinajstić information content (AvgIpc) is 3.88. The van der Waals surface area contributed by atoms with Crippen LogP contribution in [-0.2, 0) is 47.7 Å². The lowest BCUT2D eigenvalue weighted by atomic mass is 9.77. The molecule has 0 radical (unpaired) electrons. The van der Waals surface area contributed by atoms with Crippen LogP contribution in [0.3, 0.4) is 0 Å². The summed E-state index contributed by atoms with van der Waals surface area (Å²) in [5.74, 6) is -7.94. The monoisotopic (exact) mass is 966 g/mol. The van der Waals surface area contributed by atoms with Crippen LogP contribution in [0.5, 0.6) is 0 Å². The number of piperidine rings is 1. The molecule has 1 saturated carbocycles. The zero-order valence-corrected chi connectivity index (χ0v) is 42.5. The molecule has 15 atom stereocenters. The summed E-state index contributed by atoms with van der Waals surface area (Å²) >= 11 is 0. The van der Waals surface area contributed by atoms with Crippen LogP contribution in [0.15, 0.2) is 53.9 Å². The topological polar surface area (TPSA) is 219 Å². The molecule has 3 fully saturated rings. The van der Waals surface area contributed by atoms with Crippen molar-refractivity contribution in [2.75, 3.05) is 27.9 Å². The van der Waals surface area contributed by atoms with Gasteiger partial charge >= 0.3 is 5.97 Å². The fourth-order valence-corrected chi connectivity index (χ4v) is 10.7. The molecule has 4 heterocycles. The molecule has 1 amide bonds. The third-order valence-electron chi connectivity index (χ3n) is 15.1. The molecule has 0 spiro atoms. The molecular formula is C52H79N5O12. The van der Waals surface area contributed by atoms with E-state index in [1.54, 1.807) is 45.9 Å². The zero-order chi connectivity index (χ0) is 50.6. The first kappa shape index (κ1) is 55.7. The van der Waals surface area contributed by atoms with Crippen LogP contribution in [0.1, 0.15) is 132 Å². The molecule has 3 aliphatic heterocycles. The molecule has 2 saturated heterocycles. The second-order valence-corrected chi connectivity index (χ2v) is 20.3. The summed E-state index contributed by atoms with van der Waals surface area (Å²) in [6.07, 6.45) is 13.7. The normalized spacial score (nSPS) is 38.8. The zero-order valence-electron chi connectivity index (χ0n) is 42.5. The Morgan fingerprint density at radius 1 is 0.884 bits per heavy atom. The Labute approximate surface area is 408 Å². The largest absolute Gasteiger partial charge is 0.460 e. The van der Waals surface area contributed by atoms with Gasteiger partial charge in [0.1, 0.15) is 30.1 Å². The van der Waals surface area contributed by atoms with Gasteiger partial charge in [0, 0.05) is 58.5 Å². The number of methoxy groups -OCH3 is 3. The number of tetrazole rings is 1. The van der Waals surface area contributed by atoms with Gasteiger partial charge in [0.05, 0.1) is 24.4 Å². The smallest absolute Gasteiger partial charge is 0.329 e. The van der Waals surface area contributed by atoms with E-state index in [2.05, 4.69) is 15.4 Å². The highest BCUT2D eigenvalue weighted by atomic mass is 16.6. The molecule has 0 aromatic carbocycles. The molecule has 384 valence electrons. The SMILES string of the molecule is COC1C(=O)C(C)C[C@H](C)/C=C/C=C/C=C(\C)[C@@H](OC)C[C@@H]2CC[C@@H](C)[C@@](O)(O2)C(=O)C(=O)N2CCCCC2C(=O)O[C@H]([C@H](C)C[C@@H]2CC[C@H](n3ncnn3)[C@H](OC)C2)CC(=O)[C@H](C)/C=C(\C)[C@H]1O. The van der Waals surface area contributed by atoms with E-state index in [9.17, 15) is 34.2 Å². The Balaban J connectivity index is 1.46. The standard InChI is InChI=1S/C52H79N5O12/c1-31-16-12-11-13-17-32(2)43(65-8)28-39-21-19-37(7)52(64,69-39)49(61)50(62)56-23-15-14-18-41(56)51(63)68-44(34(4)26-38-20-22-40(45(27-38)66-9)57-54-30-53-55-57)29-42(58)33(3)25-36(6)47(60)48(67-10)46(59)35(5)24-31/h11-13,16-17,25,30-31,33-35,37-41,43-45,47-48,60,64H,14-15,18-24,26-29H2,1-10H3/b13-11+,16-12+,32-17+,36-25+/t31-,33-,34-,35?,37-,38+,39+,40+,41?,43+,44+,45-,47-,48?,52-/m1/s1. The molecule has 69 heavy (non-hydrogen) atoms. The van der Waals surface area contributed by atoms with Crippen molar-refractivity contribution in [3.63, 3.8) is 0 Å². The molecule has 3 unspecified atom stereocenters. The number of aliphatic hydroxyl groups is 2. The number of carbonyl (C=O) groups is 5. The van der Waals surface area contributed by atoms with E-state index >= 15 is 0 Å². The number of cyclic esters (lactones) is 1. The van der Waals surface area contributed by atoms with Gasteiger partial charge in [0.15, 0.2) is 12.1 Å². The lowest BCUT2D eigenvalue weighted by molar-refractivity contribution is -0.265. The van der Waals surface area contributed by atoms with Crippen LogP contribution < -0.4 is 0 Å². The van der Waals surface area contributed by atoms with Crippen LogP contribution in [0, 0.1) is 35.5 Å². The summed E-state index contributed by atoms with van der Waals surface area (Å²) < 4.78 is 29.9. The van der Waals surface area contributed by atoms with Crippen LogP contribution in [0.2, 0.25) is 0 Å². The van der Waals surface area contributed by atoms with Gasteiger partial charge in [-0.2, -0.15) is 4.80 Å². The maximum atomic E-state index is 14.5. The fraction of sp³-hybridized carbons (Fsp3) is 0.731. The van der Waals surface area contributed by atoms with Gasteiger partial charge in [-0.25, -0.2) is 4.79 Å². The van der Waals surface area contributed by atoms with Crippen molar-refractivity contribution in [1.29, 1.82) is 0 Å². The number of amides is 1. The van der Waals surface area contributed by atoms with E-state index < -0.39 is 77.8 Å². The number of carbonyl (C=O) groups excluding carboxylic acids is 5. The Morgan fingerprint density at radius 2 is 1.64 bits per heavy atom. The Hall–Kier alpha value is -4.26. The van der Waals surface area contributed by atoms with Crippen molar-refractivity contribution in [3.05, 3.63) is 53.9 Å². The Bertz CT molecular complexity index is 2020. The number of allylic oxidation sites excluding steroid dienone is 6. The summed E-state index contributed by atoms with van der Waals surface area (Å²) in [5, 5.41) is 35.7. The third kappa shape index (κ3) is 14.2.